The molecule has 2 aromatic rings. The van der Waals surface area contributed by atoms with Crippen LogP contribution in [-0.2, 0) is 17.9 Å². The van der Waals surface area contributed by atoms with Crippen molar-refractivity contribution in [1.29, 1.82) is 5.26 Å². The van der Waals surface area contributed by atoms with Gasteiger partial charge in [0, 0.05) is 13.6 Å². The molecule has 7 heteroatoms. The minimum atomic E-state index is -0.0856. The molecule has 0 unspecified atom stereocenters. The van der Waals surface area contributed by atoms with Gasteiger partial charge in [0.1, 0.15) is 18.9 Å². The highest BCUT2D eigenvalue weighted by Gasteiger charge is 2.12. The summed E-state index contributed by atoms with van der Waals surface area (Å²) in [4.78, 5) is 13.6. The van der Waals surface area contributed by atoms with Crippen LogP contribution in [0.15, 0.2) is 23.2 Å². The molecule has 0 atom stereocenters. The maximum Gasteiger partial charge on any atom is 0.242 e. The smallest absolute Gasteiger partial charge is 0.242 e. The number of likely N-dealkylation sites (N-methyl/N-ethyl adjacent to an activating group) is 1. The lowest BCUT2D eigenvalue weighted by Gasteiger charge is -2.16. The Morgan fingerprint density at radius 3 is 3.17 bits per heavy atom. The summed E-state index contributed by atoms with van der Waals surface area (Å²) in [5.41, 5.74) is 1.10. The Labute approximate surface area is 108 Å². The van der Waals surface area contributed by atoms with Crippen LogP contribution in [0.3, 0.4) is 0 Å². The number of aromatic nitrogens is 3. The standard InChI is InChI=1S/C11H11N5OS/c1-15(5-9-2-3-18-7-9)11(17)6-16-8-13-14-10(16)4-12/h2-3,7-8H,5-6H2,1H3. The number of thiophene rings is 1. The Kier molecular flexibility index (Phi) is 3.69. The van der Waals surface area contributed by atoms with Gasteiger partial charge in [0.2, 0.25) is 11.7 Å². The average Bonchev–Trinajstić information content (AvgIpc) is 2.99. The molecule has 1 amide bonds. The zero-order valence-corrected chi connectivity index (χ0v) is 10.6. The zero-order chi connectivity index (χ0) is 13.0. The first-order valence-electron chi connectivity index (χ1n) is 5.23. The highest BCUT2D eigenvalue weighted by Crippen LogP contribution is 2.08. The molecule has 0 aliphatic heterocycles. The SMILES string of the molecule is CN(Cc1ccsc1)C(=O)Cn1cnnc1C#N. The molecular formula is C11H11N5OS. The lowest BCUT2D eigenvalue weighted by molar-refractivity contribution is -0.131. The van der Waals surface area contributed by atoms with Gasteiger partial charge in [-0.05, 0) is 22.4 Å². The molecular weight excluding hydrogens is 250 g/mol. The molecule has 2 aromatic heterocycles. The largest absolute Gasteiger partial charge is 0.340 e. The van der Waals surface area contributed by atoms with E-state index < -0.39 is 0 Å². The second-order valence-electron chi connectivity index (χ2n) is 3.78. The van der Waals surface area contributed by atoms with Crippen molar-refractivity contribution < 1.29 is 4.79 Å². The topological polar surface area (TPSA) is 74.8 Å². The van der Waals surface area contributed by atoms with Crippen LogP contribution in [0.1, 0.15) is 11.4 Å². The van der Waals surface area contributed by atoms with Crippen LogP contribution in [0.2, 0.25) is 0 Å². The molecule has 0 fully saturated rings. The van der Waals surface area contributed by atoms with Crippen molar-refractivity contribution in [2.24, 2.45) is 0 Å². The van der Waals surface area contributed by atoms with Gasteiger partial charge in [0.25, 0.3) is 0 Å². The van der Waals surface area contributed by atoms with Crippen molar-refractivity contribution in [3.63, 3.8) is 0 Å². The van der Waals surface area contributed by atoms with E-state index >= 15 is 0 Å². The van der Waals surface area contributed by atoms with Crippen LogP contribution in [0, 0.1) is 11.3 Å². The highest BCUT2D eigenvalue weighted by molar-refractivity contribution is 7.07. The summed E-state index contributed by atoms with van der Waals surface area (Å²) in [6.45, 7) is 0.642. The third-order valence-electron chi connectivity index (χ3n) is 2.45. The molecule has 0 saturated heterocycles. The fourth-order valence-electron chi connectivity index (χ4n) is 1.47. The molecule has 6 nitrogen and oxygen atoms in total. The van der Waals surface area contributed by atoms with E-state index in [2.05, 4.69) is 10.2 Å². The quantitative estimate of drug-likeness (QED) is 0.818. The van der Waals surface area contributed by atoms with Crippen LogP contribution in [0.5, 0.6) is 0 Å². The van der Waals surface area contributed by atoms with E-state index in [9.17, 15) is 4.79 Å². The first-order valence-corrected chi connectivity index (χ1v) is 6.18. The number of hydrogen-bond acceptors (Lipinski definition) is 5. The molecule has 2 rings (SSSR count). The summed E-state index contributed by atoms with van der Waals surface area (Å²) >= 11 is 1.60. The van der Waals surface area contributed by atoms with E-state index in [-0.39, 0.29) is 18.3 Å². The molecule has 92 valence electrons. The van der Waals surface area contributed by atoms with Gasteiger partial charge in [-0.15, -0.1) is 10.2 Å². The predicted octanol–water partition coefficient (Wildman–Crippen LogP) is 0.870. The molecule has 0 radical (unpaired) electrons. The van der Waals surface area contributed by atoms with Crippen LogP contribution >= 0.6 is 11.3 Å². The first kappa shape index (κ1) is 12.3. The van der Waals surface area contributed by atoms with Gasteiger partial charge in [-0.1, -0.05) is 0 Å². The number of nitriles is 1. The normalized spacial score (nSPS) is 10.0. The fraction of sp³-hybridized carbons (Fsp3) is 0.273. The Hall–Kier alpha value is -2.20. The second kappa shape index (κ2) is 5.42. The lowest BCUT2D eigenvalue weighted by Crippen LogP contribution is -2.29. The minimum absolute atomic E-state index is 0.0799. The van der Waals surface area contributed by atoms with Gasteiger partial charge in [-0.2, -0.15) is 16.6 Å². The van der Waals surface area contributed by atoms with E-state index in [4.69, 9.17) is 5.26 Å². The van der Waals surface area contributed by atoms with E-state index in [0.29, 0.717) is 6.54 Å². The fourth-order valence-corrected chi connectivity index (χ4v) is 2.13. The molecule has 0 bridgehead atoms. The van der Waals surface area contributed by atoms with Gasteiger partial charge in [0.05, 0.1) is 0 Å². The molecule has 0 spiro atoms. The third kappa shape index (κ3) is 2.73. The van der Waals surface area contributed by atoms with Crippen LogP contribution in [-0.4, -0.2) is 32.6 Å². The van der Waals surface area contributed by atoms with E-state index in [1.807, 2.05) is 22.9 Å². The number of carbonyl (C=O) groups is 1. The van der Waals surface area contributed by atoms with Crippen LogP contribution < -0.4 is 0 Å². The van der Waals surface area contributed by atoms with Crippen LogP contribution in [0.4, 0.5) is 0 Å². The first-order chi connectivity index (χ1) is 8.70. The summed E-state index contributed by atoms with van der Waals surface area (Å²) in [6.07, 6.45) is 1.38. The number of hydrogen-bond donors (Lipinski definition) is 0. The third-order valence-corrected chi connectivity index (χ3v) is 3.18. The van der Waals surface area contributed by atoms with Crippen molar-refractivity contribution in [2.75, 3.05) is 7.05 Å². The molecule has 2 heterocycles. The number of amides is 1. The Morgan fingerprint density at radius 1 is 1.67 bits per heavy atom. The predicted molar refractivity (Wildman–Crippen MR) is 65.5 cm³/mol. The molecule has 0 N–H and O–H groups in total. The maximum absolute atomic E-state index is 11.9. The minimum Gasteiger partial charge on any atom is -0.340 e. The van der Waals surface area contributed by atoms with Crippen LogP contribution in [0.25, 0.3) is 0 Å². The summed E-state index contributed by atoms with van der Waals surface area (Å²) in [5.74, 6) is 0.0600. The average molecular weight is 261 g/mol. The van der Waals surface area contributed by atoms with Crippen molar-refractivity contribution in [3.05, 3.63) is 34.5 Å². The maximum atomic E-state index is 11.9. The number of nitrogens with zero attached hydrogens (tertiary/aromatic N) is 5. The van der Waals surface area contributed by atoms with Gasteiger partial charge in [-0.25, -0.2) is 0 Å². The Bertz CT molecular complexity index is 569. The summed E-state index contributed by atoms with van der Waals surface area (Å²) in [5, 5.41) is 20.0. The monoisotopic (exact) mass is 261 g/mol. The molecule has 0 aliphatic rings. The van der Waals surface area contributed by atoms with E-state index in [0.717, 1.165) is 5.56 Å². The van der Waals surface area contributed by atoms with Gasteiger partial charge in [0.15, 0.2) is 0 Å². The summed E-state index contributed by atoms with van der Waals surface area (Å²) in [6, 6.07) is 3.87. The van der Waals surface area contributed by atoms with Gasteiger partial charge < -0.3 is 4.90 Å². The van der Waals surface area contributed by atoms with Crippen molar-refractivity contribution in [3.8, 4) is 6.07 Å². The van der Waals surface area contributed by atoms with Crippen molar-refractivity contribution in [1.82, 2.24) is 19.7 Å². The number of carbonyl (C=O) groups excluding carboxylic acids is 1. The van der Waals surface area contributed by atoms with E-state index in [1.54, 1.807) is 23.3 Å². The second-order valence-corrected chi connectivity index (χ2v) is 4.56. The molecule has 0 aromatic carbocycles. The molecule has 0 aliphatic carbocycles. The molecule has 0 saturated carbocycles. The lowest BCUT2D eigenvalue weighted by atomic mass is 10.3. The summed E-state index contributed by atoms with van der Waals surface area (Å²) < 4.78 is 1.44. The highest BCUT2D eigenvalue weighted by atomic mass is 32.1. The van der Waals surface area contributed by atoms with E-state index in [1.165, 1.54) is 10.9 Å². The Morgan fingerprint density at radius 2 is 2.50 bits per heavy atom. The van der Waals surface area contributed by atoms with Crippen molar-refractivity contribution in [2.45, 2.75) is 13.1 Å². The molecule has 18 heavy (non-hydrogen) atoms. The van der Waals surface area contributed by atoms with Crippen molar-refractivity contribution >= 4 is 17.2 Å². The van der Waals surface area contributed by atoms with Gasteiger partial charge >= 0.3 is 0 Å². The summed E-state index contributed by atoms with van der Waals surface area (Å²) in [7, 11) is 1.73. The van der Waals surface area contributed by atoms with Gasteiger partial charge in [-0.3, -0.25) is 9.36 Å². The zero-order valence-electron chi connectivity index (χ0n) is 9.78. The number of rotatable bonds is 4. The Balaban J connectivity index is 1.98.